The Bertz CT molecular complexity index is 1120. The number of carbonyl (C=O) groups is 1. The summed E-state index contributed by atoms with van der Waals surface area (Å²) in [5.41, 5.74) is 7.93. The third kappa shape index (κ3) is 6.15. The molecule has 0 heterocycles. The van der Waals surface area contributed by atoms with E-state index in [1.807, 2.05) is 12.1 Å². The van der Waals surface area contributed by atoms with E-state index in [2.05, 4.69) is 45.2 Å². The Morgan fingerprint density at radius 1 is 1.00 bits per heavy atom. The molecule has 0 aromatic heterocycles. The minimum absolute atomic E-state index is 0.00336. The lowest BCUT2D eigenvalue weighted by molar-refractivity contribution is -0.138. The second-order valence-electron chi connectivity index (χ2n) is 6.89. The maximum atomic E-state index is 11.0. The third-order valence-corrected chi connectivity index (χ3v) is 6.41. The van der Waals surface area contributed by atoms with Crippen LogP contribution in [0.15, 0.2) is 48.5 Å². The smallest absolute Gasteiger partial charge is 0.320 e. The molecule has 6 nitrogen and oxygen atoms in total. The van der Waals surface area contributed by atoms with E-state index in [-0.39, 0.29) is 22.9 Å². The minimum Gasteiger partial charge on any atom is -0.508 e. The molecule has 0 saturated heterocycles. The van der Waals surface area contributed by atoms with Crippen LogP contribution in [0.3, 0.4) is 0 Å². The lowest BCUT2D eigenvalue weighted by Gasteiger charge is -2.14. The topological polar surface area (TPSA) is 113 Å². The number of nitrogens with two attached hydrogens (primary N) is 1. The Hall–Kier alpha value is -1.76. The van der Waals surface area contributed by atoms with Gasteiger partial charge in [0.05, 0.1) is 12.2 Å². The molecule has 162 valence electrons. The Morgan fingerprint density at radius 2 is 1.65 bits per heavy atom. The molecule has 0 fully saturated rings. The predicted molar refractivity (Wildman–Crippen MR) is 135 cm³/mol. The van der Waals surface area contributed by atoms with Crippen LogP contribution in [0.1, 0.15) is 16.7 Å². The van der Waals surface area contributed by atoms with E-state index in [4.69, 9.17) is 27.2 Å². The number of halogens is 3. The SMILES string of the molecule is N[C@@H](Cc1cc(I)c(Oc2ccc(O)c(Cc3ccc(O)c(Cl)c3)c2)c(I)c1)C(=O)O. The molecule has 0 spiro atoms. The molecule has 0 unspecified atom stereocenters. The number of aromatic hydroxyl groups is 2. The summed E-state index contributed by atoms with van der Waals surface area (Å²) in [7, 11) is 0. The zero-order valence-corrected chi connectivity index (χ0v) is 21.1. The first-order valence-electron chi connectivity index (χ1n) is 9.07. The molecule has 0 aliphatic rings. The fraction of sp³-hybridized carbons (Fsp3) is 0.136. The number of rotatable bonds is 7. The average molecular weight is 666 g/mol. The molecule has 3 rings (SSSR count). The molecule has 0 bridgehead atoms. The van der Waals surface area contributed by atoms with Gasteiger partial charge in [0.2, 0.25) is 0 Å². The van der Waals surface area contributed by atoms with Crippen LogP contribution in [0.4, 0.5) is 0 Å². The van der Waals surface area contributed by atoms with Gasteiger partial charge in [-0.2, -0.15) is 0 Å². The zero-order chi connectivity index (χ0) is 22.7. The monoisotopic (exact) mass is 665 g/mol. The van der Waals surface area contributed by atoms with Crippen molar-refractivity contribution in [1.29, 1.82) is 0 Å². The van der Waals surface area contributed by atoms with E-state index < -0.39 is 12.0 Å². The second-order valence-corrected chi connectivity index (χ2v) is 9.62. The van der Waals surface area contributed by atoms with Crippen molar-refractivity contribution in [2.45, 2.75) is 18.9 Å². The van der Waals surface area contributed by atoms with Crippen LogP contribution in [-0.4, -0.2) is 27.3 Å². The van der Waals surface area contributed by atoms with Crippen molar-refractivity contribution >= 4 is 62.8 Å². The summed E-state index contributed by atoms with van der Waals surface area (Å²) in [5, 5.41) is 29.1. The molecule has 0 radical (unpaired) electrons. The largest absolute Gasteiger partial charge is 0.508 e. The molecular weight excluding hydrogens is 648 g/mol. The Kier molecular flexibility index (Phi) is 7.89. The number of hydrogen-bond donors (Lipinski definition) is 4. The van der Waals surface area contributed by atoms with E-state index in [1.54, 1.807) is 30.3 Å². The summed E-state index contributed by atoms with van der Waals surface area (Å²) < 4.78 is 7.72. The quantitative estimate of drug-likeness (QED) is 0.255. The van der Waals surface area contributed by atoms with E-state index in [9.17, 15) is 15.0 Å². The van der Waals surface area contributed by atoms with Crippen LogP contribution in [0.5, 0.6) is 23.0 Å². The number of benzene rings is 3. The van der Waals surface area contributed by atoms with Crippen LogP contribution >= 0.6 is 56.8 Å². The van der Waals surface area contributed by atoms with Crippen molar-refractivity contribution < 1.29 is 24.9 Å². The number of phenolic OH excluding ortho intramolecular Hbond substituents is 2. The Labute approximate surface area is 211 Å². The van der Waals surface area contributed by atoms with Gasteiger partial charge in [0, 0.05) is 12.0 Å². The van der Waals surface area contributed by atoms with E-state index in [0.717, 1.165) is 18.3 Å². The van der Waals surface area contributed by atoms with Crippen molar-refractivity contribution in [2.24, 2.45) is 5.73 Å². The first-order valence-corrected chi connectivity index (χ1v) is 11.6. The first kappa shape index (κ1) is 23.9. The summed E-state index contributed by atoms with van der Waals surface area (Å²) in [6, 6.07) is 12.6. The summed E-state index contributed by atoms with van der Waals surface area (Å²) in [5.74, 6) is 0.265. The molecule has 5 N–H and O–H groups in total. The van der Waals surface area contributed by atoms with Gasteiger partial charge >= 0.3 is 5.97 Å². The molecule has 0 aliphatic carbocycles. The van der Waals surface area contributed by atoms with Crippen LogP contribution in [0, 0.1) is 7.14 Å². The van der Waals surface area contributed by atoms with Crippen LogP contribution in [0.25, 0.3) is 0 Å². The molecule has 31 heavy (non-hydrogen) atoms. The molecule has 1 atom stereocenters. The van der Waals surface area contributed by atoms with Crippen LogP contribution in [-0.2, 0) is 17.6 Å². The molecule has 0 aliphatic heterocycles. The Morgan fingerprint density at radius 3 is 2.26 bits per heavy atom. The van der Waals surface area contributed by atoms with Gasteiger partial charge in [0.1, 0.15) is 23.3 Å². The van der Waals surface area contributed by atoms with E-state index >= 15 is 0 Å². The standard InChI is InChI=1S/C22H18ClI2NO5/c23-15-6-11(1-3-20(15)28)5-13-10-14(2-4-19(13)27)31-21-16(24)7-12(8-17(21)25)9-18(26)22(29)30/h1-4,6-8,10,18,27-28H,5,9,26H2,(H,29,30)/t18-/m0/s1. The van der Waals surface area contributed by atoms with Crippen LogP contribution in [0.2, 0.25) is 5.02 Å². The number of aliphatic carboxylic acids is 1. The molecule has 0 saturated carbocycles. The maximum Gasteiger partial charge on any atom is 0.320 e. The predicted octanol–water partition coefficient (Wildman–Crippen LogP) is 5.30. The average Bonchev–Trinajstić information content (AvgIpc) is 2.70. The lowest BCUT2D eigenvalue weighted by Crippen LogP contribution is -2.32. The molecular formula is C22H18ClI2NO5. The van der Waals surface area contributed by atoms with E-state index in [1.165, 1.54) is 6.07 Å². The summed E-state index contributed by atoms with van der Waals surface area (Å²) >= 11 is 10.3. The van der Waals surface area contributed by atoms with Gasteiger partial charge in [0.15, 0.2) is 5.75 Å². The number of carboxylic acids is 1. The Balaban J connectivity index is 1.83. The van der Waals surface area contributed by atoms with Gasteiger partial charge in [-0.05, 0) is 105 Å². The maximum absolute atomic E-state index is 11.0. The van der Waals surface area contributed by atoms with Gasteiger partial charge in [-0.15, -0.1) is 0 Å². The van der Waals surface area contributed by atoms with Crippen molar-refractivity contribution in [3.8, 4) is 23.0 Å². The molecule has 9 heteroatoms. The van der Waals surface area contributed by atoms with Gasteiger partial charge in [-0.1, -0.05) is 17.7 Å². The summed E-state index contributed by atoms with van der Waals surface area (Å²) in [6.07, 6.45) is 0.628. The minimum atomic E-state index is -1.04. The number of hydrogen-bond acceptors (Lipinski definition) is 5. The number of carboxylic acid groups (broad SMARTS) is 1. The van der Waals surface area contributed by atoms with Crippen molar-refractivity contribution in [2.75, 3.05) is 0 Å². The lowest BCUT2D eigenvalue weighted by atomic mass is 10.0. The fourth-order valence-corrected chi connectivity index (χ4v) is 5.25. The van der Waals surface area contributed by atoms with Gasteiger partial charge in [-0.3, -0.25) is 4.79 Å². The molecule has 0 amide bonds. The summed E-state index contributed by atoms with van der Waals surface area (Å²) in [6.45, 7) is 0. The molecule has 3 aromatic rings. The van der Waals surface area contributed by atoms with Crippen molar-refractivity contribution in [3.05, 3.63) is 77.4 Å². The normalized spacial score (nSPS) is 11.9. The highest BCUT2D eigenvalue weighted by Gasteiger charge is 2.16. The number of phenols is 2. The summed E-state index contributed by atoms with van der Waals surface area (Å²) in [4.78, 5) is 11.0. The number of ether oxygens (including phenoxy) is 1. The fourth-order valence-electron chi connectivity index (χ4n) is 2.93. The van der Waals surface area contributed by atoms with Crippen LogP contribution < -0.4 is 10.5 Å². The highest BCUT2D eigenvalue weighted by Crippen LogP contribution is 2.35. The highest BCUT2D eigenvalue weighted by molar-refractivity contribution is 14.1. The van der Waals surface area contributed by atoms with Gasteiger partial charge < -0.3 is 25.8 Å². The van der Waals surface area contributed by atoms with E-state index in [0.29, 0.717) is 23.5 Å². The first-order chi connectivity index (χ1) is 14.6. The second kappa shape index (κ2) is 10.2. The molecule has 3 aromatic carbocycles. The van der Waals surface area contributed by atoms with Crippen molar-refractivity contribution in [1.82, 2.24) is 0 Å². The van der Waals surface area contributed by atoms with Gasteiger partial charge in [-0.25, -0.2) is 0 Å². The van der Waals surface area contributed by atoms with Crippen molar-refractivity contribution in [3.63, 3.8) is 0 Å². The van der Waals surface area contributed by atoms with Gasteiger partial charge in [0.25, 0.3) is 0 Å². The zero-order valence-electron chi connectivity index (χ0n) is 16.0. The third-order valence-electron chi connectivity index (χ3n) is 4.51. The highest BCUT2D eigenvalue weighted by atomic mass is 127.